The van der Waals surface area contributed by atoms with Crippen molar-refractivity contribution < 1.29 is 4.42 Å². The summed E-state index contributed by atoms with van der Waals surface area (Å²) in [6.45, 7) is 0. The molecule has 10 aromatic rings. The Morgan fingerprint density at radius 2 is 1.07 bits per heavy atom. The van der Waals surface area contributed by atoms with E-state index in [0.717, 1.165) is 60.9 Å². The number of para-hydroxylation sites is 3. The van der Waals surface area contributed by atoms with E-state index in [4.69, 9.17) is 4.42 Å². The van der Waals surface area contributed by atoms with Crippen LogP contribution in [0.5, 0.6) is 0 Å². The van der Waals surface area contributed by atoms with Crippen LogP contribution in [0.2, 0.25) is 0 Å². The molecule has 0 fully saturated rings. The monoisotopic (exact) mass is 575 g/mol. The normalized spacial score (nSPS) is 12.0. The molecule has 0 amide bonds. The standard InChI is InChI=1S/C41H25N3O/c1-4-13-35-30(10-1)31-11-2-5-14-36(31)43(35)29-16-19-39-34(25-29)32-17-18-38-40(41(32)45-39)33-12-3-6-15-37(33)44(38)28-9-7-8-27(24-28)26-20-22-42-23-21-26/h1-25H. The summed E-state index contributed by atoms with van der Waals surface area (Å²) in [7, 11) is 0. The quantitative estimate of drug-likeness (QED) is 0.210. The van der Waals surface area contributed by atoms with Crippen LogP contribution < -0.4 is 0 Å². The van der Waals surface area contributed by atoms with Gasteiger partial charge in [0.1, 0.15) is 11.2 Å². The van der Waals surface area contributed by atoms with Crippen LogP contribution >= 0.6 is 0 Å². The van der Waals surface area contributed by atoms with E-state index in [1.165, 1.54) is 27.2 Å². The average molecular weight is 576 g/mol. The van der Waals surface area contributed by atoms with Gasteiger partial charge in [0.05, 0.1) is 27.5 Å². The van der Waals surface area contributed by atoms with Crippen molar-refractivity contribution >= 4 is 65.6 Å². The fourth-order valence-electron chi connectivity index (χ4n) is 7.26. The molecule has 10 rings (SSSR count). The van der Waals surface area contributed by atoms with Crippen LogP contribution in [-0.2, 0) is 0 Å². The summed E-state index contributed by atoms with van der Waals surface area (Å²) in [5, 5.41) is 7.05. The van der Waals surface area contributed by atoms with Gasteiger partial charge in [0.15, 0.2) is 0 Å². The first kappa shape index (κ1) is 24.3. The number of benzene rings is 6. The highest BCUT2D eigenvalue weighted by Gasteiger charge is 2.20. The fourth-order valence-corrected chi connectivity index (χ4v) is 7.26. The van der Waals surface area contributed by atoms with Crippen molar-refractivity contribution in [1.29, 1.82) is 0 Å². The largest absolute Gasteiger partial charge is 0.455 e. The van der Waals surface area contributed by atoms with E-state index < -0.39 is 0 Å². The maximum Gasteiger partial charge on any atom is 0.145 e. The number of nitrogens with zero attached hydrogens (tertiary/aromatic N) is 3. The van der Waals surface area contributed by atoms with E-state index in [0.29, 0.717) is 0 Å². The Bertz CT molecular complexity index is 2710. The third kappa shape index (κ3) is 3.45. The lowest BCUT2D eigenvalue weighted by atomic mass is 10.1. The summed E-state index contributed by atoms with van der Waals surface area (Å²) < 4.78 is 11.5. The molecule has 0 aliphatic heterocycles. The van der Waals surface area contributed by atoms with Gasteiger partial charge >= 0.3 is 0 Å². The maximum absolute atomic E-state index is 6.73. The number of aromatic nitrogens is 3. The number of hydrogen-bond acceptors (Lipinski definition) is 2. The molecule has 0 aliphatic carbocycles. The Morgan fingerprint density at radius 1 is 0.422 bits per heavy atom. The van der Waals surface area contributed by atoms with E-state index >= 15 is 0 Å². The summed E-state index contributed by atoms with van der Waals surface area (Å²) in [6.07, 6.45) is 3.68. The molecule has 4 aromatic heterocycles. The molecule has 0 spiro atoms. The van der Waals surface area contributed by atoms with Gasteiger partial charge in [0, 0.05) is 50.7 Å². The molecule has 4 nitrogen and oxygen atoms in total. The first-order chi connectivity index (χ1) is 22.3. The summed E-state index contributed by atoms with van der Waals surface area (Å²) in [4.78, 5) is 4.20. The second kappa shape index (κ2) is 9.18. The van der Waals surface area contributed by atoms with E-state index in [9.17, 15) is 0 Å². The zero-order valence-electron chi connectivity index (χ0n) is 24.2. The molecule has 0 bridgehead atoms. The van der Waals surface area contributed by atoms with E-state index in [2.05, 4.69) is 154 Å². The van der Waals surface area contributed by atoms with Gasteiger partial charge in [-0.1, -0.05) is 66.7 Å². The van der Waals surface area contributed by atoms with Crippen LogP contribution in [0.25, 0.3) is 88.1 Å². The van der Waals surface area contributed by atoms with Crippen molar-refractivity contribution in [3.05, 3.63) is 152 Å². The molecule has 0 saturated carbocycles. The minimum absolute atomic E-state index is 0.888. The van der Waals surface area contributed by atoms with Crippen LogP contribution in [0, 0.1) is 0 Å². The summed E-state index contributed by atoms with van der Waals surface area (Å²) >= 11 is 0. The van der Waals surface area contributed by atoms with E-state index in [1.807, 2.05) is 12.4 Å². The van der Waals surface area contributed by atoms with Crippen molar-refractivity contribution in [1.82, 2.24) is 14.1 Å². The third-order valence-corrected chi connectivity index (χ3v) is 9.21. The maximum atomic E-state index is 6.73. The third-order valence-electron chi connectivity index (χ3n) is 9.21. The zero-order valence-corrected chi connectivity index (χ0v) is 24.2. The molecule has 0 atom stereocenters. The SMILES string of the molecule is c1cc(-c2ccncc2)cc(-n2c3ccccc3c3c4oc5ccc(-n6c7ccccc7c7ccccc76)cc5c4ccc32)c1. The van der Waals surface area contributed by atoms with Crippen molar-refractivity contribution in [2.75, 3.05) is 0 Å². The zero-order chi connectivity index (χ0) is 29.5. The second-order valence-electron chi connectivity index (χ2n) is 11.6. The highest BCUT2D eigenvalue weighted by molar-refractivity contribution is 6.24. The number of fused-ring (bicyclic) bond motifs is 10. The van der Waals surface area contributed by atoms with Gasteiger partial charge in [0.2, 0.25) is 0 Å². The molecule has 45 heavy (non-hydrogen) atoms. The molecule has 0 N–H and O–H groups in total. The Balaban J connectivity index is 1.23. The minimum Gasteiger partial charge on any atom is -0.455 e. The van der Waals surface area contributed by atoms with Gasteiger partial charge in [-0.25, -0.2) is 0 Å². The van der Waals surface area contributed by atoms with Gasteiger partial charge in [-0.2, -0.15) is 0 Å². The first-order valence-corrected chi connectivity index (χ1v) is 15.2. The highest BCUT2D eigenvalue weighted by atomic mass is 16.3. The molecular formula is C41H25N3O. The predicted molar refractivity (Wildman–Crippen MR) is 186 cm³/mol. The average Bonchev–Trinajstić information content (AvgIpc) is 3.76. The lowest BCUT2D eigenvalue weighted by Crippen LogP contribution is -1.94. The number of rotatable bonds is 3. The van der Waals surface area contributed by atoms with Crippen molar-refractivity contribution in [2.45, 2.75) is 0 Å². The molecular weight excluding hydrogens is 550 g/mol. The van der Waals surface area contributed by atoms with Gasteiger partial charge in [-0.3, -0.25) is 4.98 Å². The Labute approximate surface area is 258 Å². The van der Waals surface area contributed by atoms with Crippen molar-refractivity contribution in [3.8, 4) is 22.5 Å². The van der Waals surface area contributed by atoms with Crippen LogP contribution in [0.1, 0.15) is 0 Å². The molecule has 0 unspecified atom stereocenters. The summed E-state index contributed by atoms with van der Waals surface area (Å²) in [5.74, 6) is 0. The Morgan fingerprint density at radius 3 is 1.82 bits per heavy atom. The topological polar surface area (TPSA) is 35.9 Å². The second-order valence-corrected chi connectivity index (χ2v) is 11.6. The summed E-state index contributed by atoms with van der Waals surface area (Å²) in [5.41, 5.74) is 11.0. The highest BCUT2D eigenvalue weighted by Crippen LogP contribution is 2.42. The molecule has 0 aliphatic rings. The molecule has 0 radical (unpaired) electrons. The molecule has 0 saturated heterocycles. The first-order valence-electron chi connectivity index (χ1n) is 15.2. The van der Waals surface area contributed by atoms with Crippen LogP contribution in [-0.4, -0.2) is 14.1 Å². The van der Waals surface area contributed by atoms with Crippen molar-refractivity contribution in [2.24, 2.45) is 0 Å². The van der Waals surface area contributed by atoms with Gasteiger partial charge in [0.25, 0.3) is 0 Å². The number of pyridine rings is 1. The summed E-state index contributed by atoms with van der Waals surface area (Å²) in [6, 6.07) is 49.8. The molecule has 4 heterocycles. The molecule has 6 aromatic carbocycles. The Kier molecular flexibility index (Phi) is 4.96. The number of hydrogen-bond donors (Lipinski definition) is 0. The minimum atomic E-state index is 0.888. The fraction of sp³-hybridized carbons (Fsp3) is 0. The van der Waals surface area contributed by atoms with E-state index in [-0.39, 0.29) is 0 Å². The van der Waals surface area contributed by atoms with Crippen LogP contribution in [0.3, 0.4) is 0 Å². The smallest absolute Gasteiger partial charge is 0.145 e. The number of furan rings is 1. The lowest BCUT2D eigenvalue weighted by molar-refractivity contribution is 0.673. The van der Waals surface area contributed by atoms with Crippen LogP contribution in [0.4, 0.5) is 0 Å². The Hall–Kier alpha value is -6.13. The van der Waals surface area contributed by atoms with Gasteiger partial charge in [-0.15, -0.1) is 0 Å². The van der Waals surface area contributed by atoms with Crippen molar-refractivity contribution in [3.63, 3.8) is 0 Å². The van der Waals surface area contributed by atoms with E-state index in [1.54, 1.807) is 0 Å². The lowest BCUT2D eigenvalue weighted by Gasteiger charge is -2.10. The van der Waals surface area contributed by atoms with Gasteiger partial charge < -0.3 is 13.6 Å². The predicted octanol–water partition coefficient (Wildman–Crippen LogP) is 10.8. The van der Waals surface area contributed by atoms with Crippen LogP contribution in [0.15, 0.2) is 156 Å². The van der Waals surface area contributed by atoms with Gasteiger partial charge in [-0.05, 0) is 83.9 Å². The molecule has 210 valence electrons. The molecule has 4 heteroatoms.